The maximum absolute atomic E-state index is 12.4. The highest BCUT2D eigenvalue weighted by atomic mass is 32.2. The van der Waals surface area contributed by atoms with E-state index in [0.29, 0.717) is 0 Å². The lowest BCUT2D eigenvalue weighted by Crippen LogP contribution is -2.30. The van der Waals surface area contributed by atoms with Gasteiger partial charge in [0.2, 0.25) is 0 Å². The number of carboxylic acid groups (broad SMARTS) is 1. The predicted octanol–water partition coefficient (Wildman–Crippen LogP) is 2.29. The number of aliphatic carboxylic acids is 1. The minimum absolute atomic E-state index is 0.0641. The van der Waals surface area contributed by atoms with Gasteiger partial charge < -0.3 is 14.6 Å². The first-order chi connectivity index (χ1) is 12.3. The Balaban J connectivity index is 2.42. The predicted molar refractivity (Wildman–Crippen MR) is 98.3 cm³/mol. The number of ether oxygens (including phenoxy) is 2. The van der Waals surface area contributed by atoms with Gasteiger partial charge in [-0.05, 0) is 12.1 Å². The number of carbonyl (C=O) groups is 2. The number of carboxylic acids is 1. The first-order valence-corrected chi connectivity index (χ1v) is 8.38. The van der Waals surface area contributed by atoms with Crippen LogP contribution in [0.4, 0.5) is 5.69 Å². The van der Waals surface area contributed by atoms with Crippen molar-refractivity contribution in [2.45, 2.75) is 6.42 Å². The van der Waals surface area contributed by atoms with Crippen molar-refractivity contribution in [2.75, 3.05) is 20.8 Å². The Morgan fingerprint density at radius 2 is 2.00 bits per heavy atom. The van der Waals surface area contributed by atoms with E-state index in [9.17, 15) is 19.7 Å². The van der Waals surface area contributed by atoms with Gasteiger partial charge in [0.1, 0.15) is 4.32 Å². The van der Waals surface area contributed by atoms with E-state index in [1.807, 2.05) is 0 Å². The van der Waals surface area contributed by atoms with Crippen LogP contribution < -0.4 is 9.47 Å². The number of thiocarbonyl (C=S) groups is 1. The van der Waals surface area contributed by atoms with Crippen LogP contribution in [-0.2, 0) is 9.59 Å². The summed E-state index contributed by atoms with van der Waals surface area (Å²) in [5.74, 6) is -1.10. The highest BCUT2D eigenvalue weighted by molar-refractivity contribution is 8.26. The second kappa shape index (κ2) is 8.15. The molecular weight excluding hydrogens is 384 g/mol. The molecule has 1 N–H and O–H groups in total. The van der Waals surface area contributed by atoms with Crippen LogP contribution in [0.1, 0.15) is 12.0 Å². The number of nitro groups is 1. The molecule has 1 saturated heterocycles. The van der Waals surface area contributed by atoms with Gasteiger partial charge in [-0.25, -0.2) is 0 Å². The molecule has 2 rings (SSSR count). The standard InChI is InChI=1S/C15H14N2O7S2/c1-23-10-5-8(9(17(21)22)7-11(10)24-2)6-12-14(20)16(15(25)26-12)4-3-13(18)19/h5-7H,3-4H2,1-2H3,(H,18,19)/b12-6-. The third-order valence-electron chi connectivity index (χ3n) is 3.44. The number of hydrogen-bond acceptors (Lipinski definition) is 8. The van der Waals surface area contributed by atoms with Crippen LogP contribution in [-0.4, -0.2) is 51.9 Å². The van der Waals surface area contributed by atoms with E-state index in [0.717, 1.165) is 16.7 Å². The Kier molecular flexibility index (Phi) is 6.16. The van der Waals surface area contributed by atoms with Crippen LogP contribution in [0.5, 0.6) is 11.5 Å². The smallest absolute Gasteiger partial charge is 0.305 e. The number of nitro benzene ring substituents is 1. The molecule has 0 unspecified atom stereocenters. The summed E-state index contributed by atoms with van der Waals surface area (Å²) in [5.41, 5.74) is -0.121. The van der Waals surface area contributed by atoms with Gasteiger partial charge in [-0.2, -0.15) is 0 Å². The summed E-state index contributed by atoms with van der Waals surface area (Å²) in [6, 6.07) is 2.59. The molecule has 1 aromatic carbocycles. The number of carbonyl (C=O) groups excluding carboxylic acids is 1. The molecule has 1 aliphatic heterocycles. The zero-order valence-corrected chi connectivity index (χ0v) is 15.4. The first-order valence-electron chi connectivity index (χ1n) is 7.16. The molecule has 11 heteroatoms. The number of hydrogen-bond donors (Lipinski definition) is 1. The van der Waals surface area contributed by atoms with E-state index in [1.54, 1.807) is 0 Å². The van der Waals surface area contributed by atoms with E-state index in [1.165, 1.54) is 32.4 Å². The van der Waals surface area contributed by atoms with Crippen molar-refractivity contribution in [3.05, 3.63) is 32.7 Å². The summed E-state index contributed by atoms with van der Waals surface area (Å²) < 4.78 is 10.4. The van der Waals surface area contributed by atoms with Gasteiger partial charge >= 0.3 is 5.97 Å². The van der Waals surface area contributed by atoms with Crippen molar-refractivity contribution >= 4 is 51.9 Å². The summed E-state index contributed by atoms with van der Waals surface area (Å²) in [5, 5.41) is 20.1. The van der Waals surface area contributed by atoms with Crippen LogP contribution in [0, 0.1) is 10.1 Å². The zero-order valence-electron chi connectivity index (χ0n) is 13.8. The molecule has 1 aromatic rings. The Hall–Kier alpha value is -2.66. The maximum Gasteiger partial charge on any atom is 0.305 e. The lowest BCUT2D eigenvalue weighted by Gasteiger charge is -2.12. The maximum atomic E-state index is 12.4. The fourth-order valence-corrected chi connectivity index (χ4v) is 3.50. The Bertz CT molecular complexity index is 822. The second-order valence-electron chi connectivity index (χ2n) is 5.00. The molecule has 0 spiro atoms. The van der Waals surface area contributed by atoms with Crippen LogP contribution in [0.3, 0.4) is 0 Å². The highest BCUT2D eigenvalue weighted by Gasteiger charge is 2.33. The van der Waals surface area contributed by atoms with Gasteiger partial charge in [0, 0.05) is 6.54 Å². The summed E-state index contributed by atoms with van der Waals surface area (Å²) >= 11 is 6.04. The molecule has 0 radical (unpaired) electrons. The van der Waals surface area contributed by atoms with Crippen molar-refractivity contribution in [2.24, 2.45) is 0 Å². The monoisotopic (exact) mass is 398 g/mol. The van der Waals surface area contributed by atoms with E-state index in [-0.39, 0.29) is 44.9 Å². The highest BCUT2D eigenvalue weighted by Crippen LogP contribution is 2.38. The minimum atomic E-state index is -1.06. The van der Waals surface area contributed by atoms with Crippen molar-refractivity contribution in [3.63, 3.8) is 0 Å². The van der Waals surface area contributed by atoms with E-state index in [2.05, 4.69) is 0 Å². The third kappa shape index (κ3) is 4.11. The molecule has 1 fully saturated rings. The Morgan fingerprint density at radius 1 is 1.38 bits per heavy atom. The molecule has 138 valence electrons. The van der Waals surface area contributed by atoms with Crippen LogP contribution in [0.2, 0.25) is 0 Å². The molecule has 1 heterocycles. The average Bonchev–Trinajstić information content (AvgIpc) is 2.85. The van der Waals surface area contributed by atoms with Crippen LogP contribution >= 0.6 is 24.0 Å². The summed E-state index contributed by atoms with van der Waals surface area (Å²) in [7, 11) is 2.74. The molecule has 9 nitrogen and oxygen atoms in total. The van der Waals surface area contributed by atoms with Crippen molar-refractivity contribution < 1.29 is 29.1 Å². The van der Waals surface area contributed by atoms with E-state index < -0.39 is 16.8 Å². The van der Waals surface area contributed by atoms with Crippen molar-refractivity contribution in [1.29, 1.82) is 0 Å². The number of benzene rings is 1. The van der Waals surface area contributed by atoms with Gasteiger partial charge in [0.25, 0.3) is 11.6 Å². The van der Waals surface area contributed by atoms with Gasteiger partial charge in [-0.3, -0.25) is 24.6 Å². The SMILES string of the molecule is COc1cc(/C=C2\SC(=S)N(CCC(=O)O)C2=O)c([N+](=O)[O-])cc1OC. The van der Waals surface area contributed by atoms with Gasteiger partial charge in [-0.1, -0.05) is 24.0 Å². The molecular formula is C15H14N2O7S2. The average molecular weight is 398 g/mol. The van der Waals surface area contributed by atoms with Crippen LogP contribution in [0.15, 0.2) is 17.0 Å². The van der Waals surface area contributed by atoms with Gasteiger partial charge in [0.05, 0.1) is 42.1 Å². The lowest BCUT2D eigenvalue weighted by molar-refractivity contribution is -0.385. The van der Waals surface area contributed by atoms with Crippen molar-refractivity contribution in [3.8, 4) is 11.5 Å². The Labute approximate surface area is 157 Å². The molecule has 0 atom stereocenters. The minimum Gasteiger partial charge on any atom is -0.493 e. The second-order valence-corrected chi connectivity index (χ2v) is 6.68. The first kappa shape index (κ1) is 19.7. The summed E-state index contributed by atoms with van der Waals surface area (Å²) in [4.78, 5) is 35.2. The topological polar surface area (TPSA) is 119 Å². The van der Waals surface area contributed by atoms with Crippen LogP contribution in [0.25, 0.3) is 6.08 Å². The number of methoxy groups -OCH3 is 2. The molecule has 1 amide bonds. The van der Waals surface area contributed by atoms with E-state index in [4.69, 9.17) is 26.8 Å². The zero-order chi connectivity index (χ0) is 19.4. The number of thioether (sulfide) groups is 1. The fourth-order valence-electron chi connectivity index (χ4n) is 2.20. The third-order valence-corrected chi connectivity index (χ3v) is 4.82. The summed E-state index contributed by atoms with van der Waals surface area (Å²) in [6.07, 6.45) is 1.08. The largest absolute Gasteiger partial charge is 0.493 e. The number of amides is 1. The number of nitrogens with zero attached hydrogens (tertiary/aromatic N) is 2. The van der Waals surface area contributed by atoms with E-state index >= 15 is 0 Å². The molecule has 0 aliphatic carbocycles. The van der Waals surface area contributed by atoms with Gasteiger partial charge in [-0.15, -0.1) is 0 Å². The Morgan fingerprint density at radius 3 is 2.54 bits per heavy atom. The lowest BCUT2D eigenvalue weighted by atomic mass is 10.1. The van der Waals surface area contributed by atoms with Crippen molar-refractivity contribution in [1.82, 2.24) is 4.90 Å². The quantitative estimate of drug-likeness (QED) is 0.319. The molecule has 0 bridgehead atoms. The van der Waals surface area contributed by atoms with Gasteiger partial charge in [0.15, 0.2) is 11.5 Å². The normalized spacial score (nSPS) is 15.5. The fraction of sp³-hybridized carbons (Fsp3) is 0.267. The number of rotatable bonds is 7. The molecule has 0 aromatic heterocycles. The molecule has 26 heavy (non-hydrogen) atoms. The molecule has 1 aliphatic rings. The summed E-state index contributed by atoms with van der Waals surface area (Å²) in [6.45, 7) is -0.0641. The molecule has 0 saturated carbocycles.